The van der Waals surface area contributed by atoms with E-state index in [-0.39, 0.29) is 18.8 Å². The van der Waals surface area contributed by atoms with Crippen LogP contribution >= 0.6 is 0 Å². The largest absolute Gasteiger partial charge is 0.413 e. The minimum absolute atomic E-state index is 0.182. The quantitative estimate of drug-likeness (QED) is 0.526. The van der Waals surface area contributed by atoms with Gasteiger partial charge < -0.3 is 4.74 Å². The molecule has 0 aromatic rings. The number of sulfonamides is 1. The van der Waals surface area contributed by atoms with Crippen LogP contribution in [-0.2, 0) is 19.6 Å². The third-order valence-electron chi connectivity index (χ3n) is 1.18. The minimum Gasteiger partial charge on any atom is -0.385 e. The molecular weight excluding hydrogens is 239 g/mol. The lowest BCUT2D eigenvalue weighted by Gasteiger charge is -2.08. The van der Waals surface area contributed by atoms with Crippen LogP contribution in [0.1, 0.15) is 6.42 Å². The first-order valence-corrected chi connectivity index (χ1v) is 5.59. The number of nitrogens with one attached hydrogen (secondary N) is 1. The van der Waals surface area contributed by atoms with E-state index >= 15 is 0 Å². The van der Waals surface area contributed by atoms with Gasteiger partial charge in [-0.25, -0.2) is 8.42 Å². The SMILES string of the molecule is COCCCS(=O)(=O)NOCC(F)(F)F. The Morgan fingerprint density at radius 2 is 1.93 bits per heavy atom. The van der Waals surface area contributed by atoms with Crippen LogP contribution in [0.3, 0.4) is 0 Å². The van der Waals surface area contributed by atoms with E-state index in [0.717, 1.165) is 0 Å². The Hall–Kier alpha value is -0.380. The summed E-state index contributed by atoms with van der Waals surface area (Å²) in [5.74, 6) is -0.349. The number of alkyl halides is 3. The molecule has 0 amide bonds. The zero-order valence-corrected chi connectivity index (χ0v) is 8.82. The second-order valence-electron chi connectivity index (χ2n) is 2.65. The highest BCUT2D eigenvalue weighted by atomic mass is 32.2. The van der Waals surface area contributed by atoms with Crippen molar-refractivity contribution in [3.05, 3.63) is 0 Å². The highest BCUT2D eigenvalue weighted by Gasteiger charge is 2.28. The molecule has 0 bridgehead atoms. The monoisotopic (exact) mass is 251 g/mol. The average Bonchev–Trinajstić information content (AvgIpc) is 2.01. The van der Waals surface area contributed by atoms with Crippen LogP contribution < -0.4 is 4.89 Å². The summed E-state index contributed by atoms with van der Waals surface area (Å²) in [5.41, 5.74) is 0. The number of rotatable bonds is 7. The molecular formula is C6H12F3NO4S. The molecule has 0 rings (SSSR count). The molecule has 0 saturated carbocycles. The number of hydrogen-bond acceptors (Lipinski definition) is 4. The highest BCUT2D eigenvalue weighted by molar-refractivity contribution is 7.89. The van der Waals surface area contributed by atoms with Crippen LogP contribution in [0.15, 0.2) is 0 Å². The Morgan fingerprint density at radius 1 is 1.33 bits per heavy atom. The third kappa shape index (κ3) is 9.91. The van der Waals surface area contributed by atoms with E-state index in [2.05, 4.69) is 9.57 Å². The van der Waals surface area contributed by atoms with Gasteiger partial charge in [-0.05, 0) is 6.42 Å². The molecule has 1 N–H and O–H groups in total. The standard InChI is InChI=1S/C6H12F3NO4S/c1-13-3-2-4-15(11,12)10-14-5-6(7,8)9/h10H,2-5H2,1H3. The fourth-order valence-electron chi connectivity index (χ4n) is 0.636. The van der Waals surface area contributed by atoms with E-state index in [1.807, 2.05) is 0 Å². The average molecular weight is 251 g/mol. The lowest BCUT2D eigenvalue weighted by Crippen LogP contribution is -2.31. The molecule has 0 heterocycles. The molecule has 0 aliphatic heterocycles. The van der Waals surface area contributed by atoms with Gasteiger partial charge in [-0.15, -0.1) is 0 Å². The van der Waals surface area contributed by atoms with Crippen molar-refractivity contribution in [3.8, 4) is 0 Å². The van der Waals surface area contributed by atoms with Crippen molar-refractivity contribution in [2.75, 3.05) is 26.1 Å². The predicted octanol–water partition coefficient (Wildman–Crippen LogP) is 0.436. The summed E-state index contributed by atoms with van der Waals surface area (Å²) in [7, 11) is -2.44. The van der Waals surface area contributed by atoms with E-state index in [1.54, 1.807) is 0 Å². The van der Waals surface area contributed by atoms with Crippen LogP contribution in [0, 0.1) is 0 Å². The molecule has 0 radical (unpaired) electrons. The van der Waals surface area contributed by atoms with E-state index in [0.29, 0.717) is 0 Å². The fourth-order valence-corrected chi connectivity index (χ4v) is 1.46. The van der Waals surface area contributed by atoms with Crippen LogP contribution in [-0.4, -0.2) is 40.7 Å². The van der Waals surface area contributed by atoms with Crippen LogP contribution in [0.2, 0.25) is 0 Å². The Kier molecular flexibility index (Phi) is 6.10. The topological polar surface area (TPSA) is 64.6 Å². The minimum atomic E-state index is -4.56. The Labute approximate surface area is 85.6 Å². The van der Waals surface area contributed by atoms with E-state index in [1.165, 1.54) is 12.0 Å². The van der Waals surface area contributed by atoms with Gasteiger partial charge in [-0.1, -0.05) is 4.89 Å². The van der Waals surface area contributed by atoms with E-state index in [9.17, 15) is 21.6 Å². The van der Waals surface area contributed by atoms with E-state index < -0.39 is 22.8 Å². The van der Waals surface area contributed by atoms with Crippen molar-refractivity contribution in [1.82, 2.24) is 4.89 Å². The van der Waals surface area contributed by atoms with Crippen molar-refractivity contribution in [2.45, 2.75) is 12.6 Å². The molecule has 0 fully saturated rings. The first-order valence-electron chi connectivity index (χ1n) is 3.94. The molecule has 0 aliphatic carbocycles. The van der Waals surface area contributed by atoms with Gasteiger partial charge in [0, 0.05) is 13.7 Å². The van der Waals surface area contributed by atoms with Gasteiger partial charge >= 0.3 is 6.18 Å². The van der Waals surface area contributed by atoms with Gasteiger partial charge in [0.25, 0.3) is 0 Å². The summed E-state index contributed by atoms with van der Waals surface area (Å²) < 4.78 is 61.1. The van der Waals surface area contributed by atoms with Crippen molar-refractivity contribution in [2.24, 2.45) is 0 Å². The van der Waals surface area contributed by atoms with Crippen molar-refractivity contribution in [1.29, 1.82) is 0 Å². The van der Waals surface area contributed by atoms with Crippen LogP contribution in [0.25, 0.3) is 0 Å². The highest BCUT2D eigenvalue weighted by Crippen LogP contribution is 2.13. The van der Waals surface area contributed by atoms with Crippen molar-refractivity contribution < 1.29 is 31.2 Å². The molecule has 0 unspecified atom stereocenters. The second kappa shape index (κ2) is 6.26. The summed E-state index contributed by atoms with van der Waals surface area (Å²) in [6.07, 6.45) is -4.38. The number of hydrogen-bond donors (Lipinski definition) is 1. The third-order valence-corrected chi connectivity index (χ3v) is 2.38. The molecule has 9 heteroatoms. The van der Waals surface area contributed by atoms with Gasteiger partial charge in [0.1, 0.15) is 0 Å². The van der Waals surface area contributed by atoms with Gasteiger partial charge in [0.05, 0.1) is 5.75 Å². The Balaban J connectivity index is 3.75. The zero-order chi connectivity index (χ0) is 11.9. The van der Waals surface area contributed by atoms with Gasteiger partial charge in [-0.2, -0.15) is 13.2 Å². The number of methoxy groups -OCH3 is 1. The Bertz CT molecular complexity index is 264. The smallest absolute Gasteiger partial charge is 0.385 e. The molecule has 15 heavy (non-hydrogen) atoms. The molecule has 0 spiro atoms. The molecule has 0 atom stereocenters. The van der Waals surface area contributed by atoms with Gasteiger partial charge in [0.15, 0.2) is 6.61 Å². The summed E-state index contributed by atoms with van der Waals surface area (Å²) >= 11 is 0. The number of halogens is 3. The normalized spacial score (nSPS) is 13.1. The maximum absolute atomic E-state index is 11.6. The lowest BCUT2D eigenvalue weighted by atomic mass is 10.5. The maximum Gasteiger partial charge on any atom is 0.413 e. The number of ether oxygens (including phenoxy) is 1. The van der Waals surface area contributed by atoms with Crippen molar-refractivity contribution in [3.63, 3.8) is 0 Å². The van der Waals surface area contributed by atoms with Gasteiger partial charge in [-0.3, -0.25) is 4.84 Å². The first-order chi connectivity index (χ1) is 6.77. The van der Waals surface area contributed by atoms with Crippen LogP contribution in [0.4, 0.5) is 13.2 Å². The molecule has 0 aliphatic rings. The molecule has 92 valence electrons. The fraction of sp³-hybridized carbons (Fsp3) is 1.00. The summed E-state index contributed by atoms with van der Waals surface area (Å²) in [6.45, 7) is -1.45. The maximum atomic E-state index is 11.6. The van der Waals surface area contributed by atoms with Crippen LogP contribution in [0.5, 0.6) is 0 Å². The van der Waals surface area contributed by atoms with E-state index in [4.69, 9.17) is 0 Å². The predicted molar refractivity (Wildman–Crippen MR) is 45.4 cm³/mol. The van der Waals surface area contributed by atoms with Gasteiger partial charge in [0.2, 0.25) is 10.0 Å². The first kappa shape index (κ1) is 14.6. The molecule has 0 saturated heterocycles. The second-order valence-corrected chi connectivity index (χ2v) is 4.46. The summed E-state index contributed by atoms with van der Waals surface area (Å²) in [6, 6.07) is 0. The zero-order valence-electron chi connectivity index (χ0n) is 8.00. The summed E-state index contributed by atoms with van der Waals surface area (Å²) in [4.78, 5) is 5.16. The molecule has 0 aromatic carbocycles. The van der Waals surface area contributed by atoms with Crippen molar-refractivity contribution >= 4 is 10.0 Å². The lowest BCUT2D eigenvalue weighted by molar-refractivity contribution is -0.181. The summed E-state index contributed by atoms with van der Waals surface area (Å²) in [5, 5.41) is 0. The molecule has 0 aromatic heterocycles. The molecule has 5 nitrogen and oxygen atoms in total. The Morgan fingerprint density at radius 3 is 2.40 bits per heavy atom.